The Kier molecular flexibility index (Phi) is 1.57. The van der Waals surface area contributed by atoms with Crippen molar-refractivity contribution in [2.24, 2.45) is 5.92 Å². The van der Waals surface area contributed by atoms with Gasteiger partial charge >= 0.3 is 5.97 Å². The van der Waals surface area contributed by atoms with Gasteiger partial charge in [0.25, 0.3) is 0 Å². The van der Waals surface area contributed by atoms with Gasteiger partial charge in [0, 0.05) is 10.4 Å². The van der Waals surface area contributed by atoms with Crippen LogP contribution in [-0.4, -0.2) is 12.6 Å². The maximum Gasteiger partial charge on any atom is 0.317 e. The first-order valence-electron chi connectivity index (χ1n) is 4.67. The van der Waals surface area contributed by atoms with E-state index in [0.717, 1.165) is 16.5 Å². The van der Waals surface area contributed by atoms with Crippen molar-refractivity contribution in [1.82, 2.24) is 0 Å². The Morgan fingerprint density at radius 3 is 2.79 bits per heavy atom. The highest BCUT2D eigenvalue weighted by Gasteiger charge is 2.67. The molecule has 1 aromatic rings. The van der Waals surface area contributed by atoms with Gasteiger partial charge in [-0.05, 0) is 18.1 Å². The molecule has 72 valence electrons. The van der Waals surface area contributed by atoms with E-state index in [4.69, 9.17) is 4.74 Å². The van der Waals surface area contributed by atoms with Crippen LogP contribution < -0.4 is 0 Å². The van der Waals surface area contributed by atoms with E-state index < -0.39 is 0 Å². The average Bonchev–Trinajstić information content (AvgIpc) is 2.83. The smallest absolute Gasteiger partial charge is 0.317 e. The van der Waals surface area contributed by atoms with Crippen molar-refractivity contribution in [2.45, 2.75) is 11.8 Å². The number of ether oxygens (including phenoxy) is 1. The lowest BCUT2D eigenvalue weighted by molar-refractivity contribution is -0.142. The van der Waals surface area contributed by atoms with Crippen LogP contribution in [-0.2, 0) is 14.9 Å². The van der Waals surface area contributed by atoms with Crippen LogP contribution in [0.15, 0.2) is 28.7 Å². The molecule has 1 aliphatic carbocycles. The predicted molar refractivity (Wildman–Crippen MR) is 54.9 cm³/mol. The Labute approximate surface area is 90.4 Å². The molecule has 0 N–H and O–H groups in total. The molecule has 1 heterocycles. The molecule has 0 radical (unpaired) electrons. The van der Waals surface area contributed by atoms with Crippen LogP contribution in [0.3, 0.4) is 0 Å². The molecule has 3 rings (SSSR count). The highest BCUT2D eigenvalue weighted by Crippen LogP contribution is 2.60. The number of rotatable bonds is 1. The van der Waals surface area contributed by atoms with Gasteiger partial charge in [0.1, 0.15) is 5.41 Å². The van der Waals surface area contributed by atoms with Gasteiger partial charge in [-0.3, -0.25) is 4.79 Å². The molecule has 3 heteroatoms. The number of fused-ring (bicyclic) bond motifs is 1. The van der Waals surface area contributed by atoms with Crippen molar-refractivity contribution < 1.29 is 9.53 Å². The molecule has 2 fully saturated rings. The number of hydrogen-bond donors (Lipinski definition) is 0. The zero-order chi connectivity index (χ0) is 9.76. The SMILES string of the molecule is O=C1OCC2CC12c1ccccc1Br. The van der Waals surface area contributed by atoms with Gasteiger partial charge in [0.2, 0.25) is 0 Å². The van der Waals surface area contributed by atoms with E-state index in [1.165, 1.54) is 0 Å². The Balaban J connectivity index is 2.12. The number of carbonyl (C=O) groups excluding carboxylic acids is 1. The number of esters is 1. The van der Waals surface area contributed by atoms with Crippen LogP contribution in [0, 0.1) is 5.92 Å². The summed E-state index contributed by atoms with van der Waals surface area (Å²) in [4.78, 5) is 11.6. The zero-order valence-corrected chi connectivity index (χ0v) is 9.08. The lowest BCUT2D eigenvalue weighted by atomic mass is 9.95. The van der Waals surface area contributed by atoms with Gasteiger partial charge in [-0.2, -0.15) is 0 Å². The Hall–Kier alpha value is -0.830. The Bertz CT molecular complexity index is 416. The van der Waals surface area contributed by atoms with Gasteiger partial charge in [0.15, 0.2) is 0 Å². The van der Waals surface area contributed by atoms with Gasteiger partial charge < -0.3 is 4.74 Å². The number of cyclic esters (lactones) is 1. The highest BCUT2D eigenvalue weighted by molar-refractivity contribution is 9.10. The summed E-state index contributed by atoms with van der Waals surface area (Å²) in [6, 6.07) is 7.92. The van der Waals surface area contributed by atoms with E-state index in [0.29, 0.717) is 12.5 Å². The van der Waals surface area contributed by atoms with E-state index in [1.807, 2.05) is 24.3 Å². The quantitative estimate of drug-likeness (QED) is 0.717. The monoisotopic (exact) mass is 252 g/mol. The molecule has 1 aliphatic heterocycles. The molecule has 0 spiro atoms. The summed E-state index contributed by atoms with van der Waals surface area (Å²) in [6.07, 6.45) is 0.953. The molecule has 2 nitrogen and oxygen atoms in total. The van der Waals surface area contributed by atoms with Gasteiger partial charge in [-0.1, -0.05) is 34.1 Å². The molecule has 1 saturated carbocycles. The minimum atomic E-state index is -0.305. The summed E-state index contributed by atoms with van der Waals surface area (Å²) in [6.45, 7) is 0.597. The summed E-state index contributed by atoms with van der Waals surface area (Å²) >= 11 is 3.49. The molecule has 2 aliphatic rings. The summed E-state index contributed by atoms with van der Waals surface area (Å²) in [5, 5.41) is 0. The maximum atomic E-state index is 11.6. The van der Waals surface area contributed by atoms with Crippen molar-refractivity contribution in [1.29, 1.82) is 0 Å². The first-order chi connectivity index (χ1) is 6.75. The Morgan fingerprint density at radius 1 is 1.43 bits per heavy atom. The van der Waals surface area contributed by atoms with Crippen LogP contribution in [0.5, 0.6) is 0 Å². The second-order valence-electron chi connectivity index (χ2n) is 3.95. The third-order valence-electron chi connectivity index (χ3n) is 3.24. The zero-order valence-electron chi connectivity index (χ0n) is 7.50. The van der Waals surface area contributed by atoms with Crippen molar-refractivity contribution in [3.63, 3.8) is 0 Å². The van der Waals surface area contributed by atoms with E-state index in [-0.39, 0.29) is 11.4 Å². The summed E-state index contributed by atoms with van der Waals surface area (Å²) < 4.78 is 6.08. The van der Waals surface area contributed by atoms with Crippen LogP contribution in [0.25, 0.3) is 0 Å². The second-order valence-corrected chi connectivity index (χ2v) is 4.81. The van der Waals surface area contributed by atoms with E-state index in [9.17, 15) is 4.79 Å². The summed E-state index contributed by atoms with van der Waals surface area (Å²) in [5.74, 6) is 0.364. The molecule has 0 amide bonds. The first-order valence-corrected chi connectivity index (χ1v) is 5.46. The molecular formula is C11H9BrO2. The predicted octanol–water partition coefficient (Wildman–Crippen LogP) is 2.26. The minimum Gasteiger partial charge on any atom is -0.465 e. The molecule has 2 atom stereocenters. The van der Waals surface area contributed by atoms with Crippen molar-refractivity contribution >= 4 is 21.9 Å². The number of carbonyl (C=O) groups is 1. The lowest BCUT2D eigenvalue weighted by Gasteiger charge is -2.11. The van der Waals surface area contributed by atoms with Gasteiger partial charge in [-0.15, -0.1) is 0 Å². The topological polar surface area (TPSA) is 26.3 Å². The van der Waals surface area contributed by atoms with Gasteiger partial charge in [-0.25, -0.2) is 0 Å². The largest absolute Gasteiger partial charge is 0.465 e. The lowest BCUT2D eigenvalue weighted by Crippen LogP contribution is -2.19. The van der Waals surface area contributed by atoms with Crippen molar-refractivity contribution in [2.75, 3.05) is 6.61 Å². The third kappa shape index (κ3) is 0.883. The molecule has 1 aromatic carbocycles. The van der Waals surface area contributed by atoms with Crippen molar-refractivity contribution in [3.05, 3.63) is 34.3 Å². The standard InChI is InChI=1S/C11H9BrO2/c12-9-4-2-1-3-8(9)11-5-7(11)6-14-10(11)13/h1-4,7H,5-6H2. The fourth-order valence-corrected chi connectivity index (χ4v) is 2.99. The van der Waals surface area contributed by atoms with E-state index in [2.05, 4.69) is 15.9 Å². The normalized spacial score (nSPS) is 33.8. The summed E-state index contributed by atoms with van der Waals surface area (Å²) in [5.41, 5.74) is 0.785. The molecule has 1 saturated heterocycles. The molecule has 14 heavy (non-hydrogen) atoms. The number of benzene rings is 1. The minimum absolute atomic E-state index is 0.0469. The molecule has 0 aromatic heterocycles. The second kappa shape index (κ2) is 2.60. The maximum absolute atomic E-state index is 11.6. The molecular weight excluding hydrogens is 244 g/mol. The van der Waals surface area contributed by atoms with Gasteiger partial charge in [0.05, 0.1) is 6.61 Å². The average molecular weight is 253 g/mol. The van der Waals surface area contributed by atoms with Crippen LogP contribution >= 0.6 is 15.9 Å². The fourth-order valence-electron chi connectivity index (χ4n) is 2.35. The first kappa shape index (κ1) is 8.48. The number of halogens is 1. The highest BCUT2D eigenvalue weighted by atomic mass is 79.9. The molecule has 2 unspecified atom stereocenters. The Morgan fingerprint density at radius 2 is 2.21 bits per heavy atom. The van der Waals surface area contributed by atoms with Crippen LogP contribution in [0.1, 0.15) is 12.0 Å². The third-order valence-corrected chi connectivity index (χ3v) is 3.93. The van der Waals surface area contributed by atoms with E-state index in [1.54, 1.807) is 0 Å². The molecule has 0 bridgehead atoms. The summed E-state index contributed by atoms with van der Waals surface area (Å²) in [7, 11) is 0. The van der Waals surface area contributed by atoms with Crippen LogP contribution in [0.2, 0.25) is 0 Å². The fraction of sp³-hybridized carbons (Fsp3) is 0.364. The van der Waals surface area contributed by atoms with E-state index >= 15 is 0 Å². The van der Waals surface area contributed by atoms with Crippen LogP contribution in [0.4, 0.5) is 0 Å². The van der Waals surface area contributed by atoms with Crippen molar-refractivity contribution in [3.8, 4) is 0 Å². The number of hydrogen-bond acceptors (Lipinski definition) is 2.